The first-order chi connectivity index (χ1) is 8.06. The van der Waals surface area contributed by atoms with Crippen molar-refractivity contribution in [3.8, 4) is 0 Å². The van der Waals surface area contributed by atoms with Crippen LogP contribution in [0, 0.1) is 6.92 Å². The minimum atomic E-state index is -0.385. The first-order valence-corrected chi connectivity index (χ1v) is 5.87. The smallest absolute Gasteiger partial charge is 0.294 e. The van der Waals surface area contributed by atoms with Gasteiger partial charge >= 0.3 is 0 Å². The van der Waals surface area contributed by atoms with Crippen LogP contribution in [0.4, 0.5) is 5.13 Å². The number of hydrogen-bond acceptors (Lipinski definition) is 6. The van der Waals surface area contributed by atoms with Crippen molar-refractivity contribution in [2.24, 2.45) is 0 Å². The molecule has 7 nitrogen and oxygen atoms in total. The van der Waals surface area contributed by atoms with E-state index in [0.717, 1.165) is 11.5 Å². The molecule has 2 rings (SSSR count). The van der Waals surface area contributed by atoms with Crippen LogP contribution in [-0.4, -0.2) is 30.4 Å². The fraction of sp³-hybridized carbons (Fsp3) is 0.444. The predicted octanol–water partition coefficient (Wildman–Crippen LogP) is 1.34. The number of aromatic amines is 1. The van der Waals surface area contributed by atoms with Gasteiger partial charge in [-0.1, -0.05) is 13.8 Å². The molecule has 0 aliphatic heterocycles. The van der Waals surface area contributed by atoms with E-state index in [1.54, 1.807) is 6.92 Å². The number of H-pyrrole nitrogens is 1. The summed E-state index contributed by atoms with van der Waals surface area (Å²) in [5, 5.41) is 9.61. The lowest BCUT2D eigenvalue weighted by Gasteiger charge is -1.96. The van der Waals surface area contributed by atoms with E-state index in [-0.39, 0.29) is 17.6 Å². The Hall–Kier alpha value is -1.83. The van der Waals surface area contributed by atoms with E-state index in [1.165, 1.54) is 0 Å². The number of aryl methyl sites for hydroxylation is 1. The highest BCUT2D eigenvalue weighted by Crippen LogP contribution is 2.12. The molecular formula is C9H12N6OS. The molecule has 0 bridgehead atoms. The van der Waals surface area contributed by atoms with Gasteiger partial charge in [0.2, 0.25) is 11.0 Å². The summed E-state index contributed by atoms with van der Waals surface area (Å²) < 4.78 is 3.96. The van der Waals surface area contributed by atoms with Crippen molar-refractivity contribution in [3.63, 3.8) is 0 Å². The lowest BCUT2D eigenvalue weighted by Crippen LogP contribution is -2.13. The molecule has 0 fully saturated rings. The molecule has 0 unspecified atom stereocenters. The maximum atomic E-state index is 11.7. The summed E-state index contributed by atoms with van der Waals surface area (Å²) in [4.78, 5) is 19.9. The fourth-order valence-corrected chi connectivity index (χ4v) is 1.71. The summed E-state index contributed by atoms with van der Waals surface area (Å²) in [5.74, 6) is 1.24. The Balaban J connectivity index is 2.09. The van der Waals surface area contributed by atoms with Crippen molar-refractivity contribution in [2.75, 3.05) is 5.32 Å². The molecule has 0 saturated heterocycles. The van der Waals surface area contributed by atoms with Crippen LogP contribution in [0.5, 0.6) is 0 Å². The number of nitrogens with zero attached hydrogens (tertiary/aromatic N) is 4. The van der Waals surface area contributed by atoms with Gasteiger partial charge in [0.1, 0.15) is 11.6 Å². The van der Waals surface area contributed by atoms with E-state index in [4.69, 9.17) is 0 Å². The van der Waals surface area contributed by atoms with Crippen molar-refractivity contribution in [1.29, 1.82) is 0 Å². The van der Waals surface area contributed by atoms with Gasteiger partial charge in [0.25, 0.3) is 5.91 Å². The molecule has 0 spiro atoms. The lowest BCUT2D eigenvalue weighted by atomic mass is 10.2. The number of hydrogen-bond donors (Lipinski definition) is 2. The Morgan fingerprint density at radius 1 is 1.41 bits per heavy atom. The minimum Gasteiger partial charge on any atom is -0.294 e. The summed E-state index contributed by atoms with van der Waals surface area (Å²) in [5.41, 5.74) is 0. The summed E-state index contributed by atoms with van der Waals surface area (Å²) in [6.45, 7) is 5.70. The molecule has 0 atom stereocenters. The maximum absolute atomic E-state index is 11.7. The third-order valence-electron chi connectivity index (χ3n) is 2.00. The molecule has 0 saturated carbocycles. The van der Waals surface area contributed by atoms with Gasteiger partial charge in [-0.25, -0.2) is 9.97 Å². The van der Waals surface area contributed by atoms with E-state index >= 15 is 0 Å². The Morgan fingerprint density at radius 2 is 2.18 bits per heavy atom. The van der Waals surface area contributed by atoms with Crippen molar-refractivity contribution in [2.45, 2.75) is 26.7 Å². The molecule has 0 aliphatic carbocycles. The second kappa shape index (κ2) is 4.58. The number of nitrogens with one attached hydrogen (secondary N) is 2. The molecular weight excluding hydrogens is 240 g/mol. The van der Waals surface area contributed by atoms with Crippen LogP contribution < -0.4 is 5.32 Å². The van der Waals surface area contributed by atoms with E-state index < -0.39 is 0 Å². The first kappa shape index (κ1) is 11.6. The highest BCUT2D eigenvalue weighted by molar-refractivity contribution is 7.09. The fourth-order valence-electron chi connectivity index (χ4n) is 1.13. The zero-order valence-corrected chi connectivity index (χ0v) is 10.5. The van der Waals surface area contributed by atoms with Crippen molar-refractivity contribution >= 4 is 22.6 Å². The number of carbonyl (C=O) groups is 1. The van der Waals surface area contributed by atoms with Gasteiger partial charge in [-0.3, -0.25) is 15.2 Å². The number of aromatic nitrogens is 5. The molecule has 8 heteroatoms. The van der Waals surface area contributed by atoms with E-state index in [9.17, 15) is 4.79 Å². The molecule has 0 radical (unpaired) electrons. The van der Waals surface area contributed by atoms with Crippen LogP contribution in [0.3, 0.4) is 0 Å². The standard InChI is InChI=1S/C9H12N6OS/c1-4(2)6-11-7(14-13-6)8(16)12-9-10-5(3)15-17-9/h4H,1-3H3,(H,11,13,14)(H,10,12,15,16). The number of anilines is 1. The molecule has 2 aromatic heterocycles. The van der Waals surface area contributed by atoms with Gasteiger partial charge in [0, 0.05) is 17.5 Å². The molecule has 90 valence electrons. The largest absolute Gasteiger partial charge is 0.297 e. The number of amides is 1. The summed E-state index contributed by atoms with van der Waals surface area (Å²) in [6, 6.07) is 0. The molecule has 2 heterocycles. The second-order valence-corrected chi connectivity index (χ2v) is 4.55. The van der Waals surface area contributed by atoms with Gasteiger partial charge in [-0.15, -0.1) is 5.10 Å². The Bertz CT molecular complexity index is 531. The van der Waals surface area contributed by atoms with Gasteiger partial charge < -0.3 is 0 Å². The quantitative estimate of drug-likeness (QED) is 0.859. The predicted molar refractivity (Wildman–Crippen MR) is 63.1 cm³/mol. The van der Waals surface area contributed by atoms with E-state index in [0.29, 0.717) is 16.8 Å². The van der Waals surface area contributed by atoms with Crippen molar-refractivity contribution in [1.82, 2.24) is 24.5 Å². The number of carbonyl (C=O) groups excluding carboxylic acids is 1. The van der Waals surface area contributed by atoms with Gasteiger partial charge in [0.15, 0.2) is 0 Å². The molecule has 1 amide bonds. The molecule has 17 heavy (non-hydrogen) atoms. The van der Waals surface area contributed by atoms with Crippen molar-refractivity contribution < 1.29 is 4.79 Å². The molecule has 2 aromatic rings. The van der Waals surface area contributed by atoms with Gasteiger partial charge in [-0.2, -0.15) is 4.37 Å². The average Bonchev–Trinajstić information content (AvgIpc) is 2.86. The SMILES string of the molecule is Cc1nsc(NC(=O)c2n[nH]c(C(C)C)n2)n1. The van der Waals surface area contributed by atoms with Crippen LogP contribution >= 0.6 is 11.5 Å². The zero-order chi connectivity index (χ0) is 12.4. The topological polar surface area (TPSA) is 96.5 Å². The third-order valence-corrected chi connectivity index (χ3v) is 2.72. The Morgan fingerprint density at radius 3 is 2.71 bits per heavy atom. The van der Waals surface area contributed by atoms with Gasteiger partial charge in [0.05, 0.1) is 0 Å². The van der Waals surface area contributed by atoms with Crippen LogP contribution in [-0.2, 0) is 0 Å². The van der Waals surface area contributed by atoms with E-state index in [2.05, 4.69) is 29.9 Å². The summed E-state index contributed by atoms with van der Waals surface area (Å²) >= 11 is 1.13. The third kappa shape index (κ3) is 2.64. The van der Waals surface area contributed by atoms with Crippen LogP contribution in [0.15, 0.2) is 0 Å². The molecule has 0 aromatic carbocycles. The Labute approximate surface area is 102 Å². The van der Waals surface area contributed by atoms with Crippen molar-refractivity contribution in [3.05, 3.63) is 17.5 Å². The van der Waals surface area contributed by atoms with Crippen LogP contribution in [0.1, 0.15) is 42.0 Å². The van der Waals surface area contributed by atoms with E-state index in [1.807, 2.05) is 13.8 Å². The second-order valence-electron chi connectivity index (χ2n) is 3.80. The average molecular weight is 252 g/mol. The van der Waals surface area contributed by atoms with Gasteiger partial charge in [-0.05, 0) is 6.92 Å². The number of rotatable bonds is 3. The van der Waals surface area contributed by atoms with Crippen LogP contribution in [0.25, 0.3) is 0 Å². The summed E-state index contributed by atoms with van der Waals surface area (Å²) in [7, 11) is 0. The van der Waals surface area contributed by atoms with Crippen LogP contribution in [0.2, 0.25) is 0 Å². The highest BCUT2D eigenvalue weighted by Gasteiger charge is 2.15. The first-order valence-electron chi connectivity index (χ1n) is 5.10. The monoisotopic (exact) mass is 252 g/mol. The zero-order valence-electron chi connectivity index (χ0n) is 9.68. The normalized spacial score (nSPS) is 10.8. The molecule has 0 aliphatic rings. The summed E-state index contributed by atoms with van der Waals surface area (Å²) in [6.07, 6.45) is 0. The minimum absolute atomic E-state index is 0.113. The maximum Gasteiger partial charge on any atom is 0.297 e. The Kier molecular flexibility index (Phi) is 3.14. The molecule has 2 N–H and O–H groups in total. The highest BCUT2D eigenvalue weighted by atomic mass is 32.1. The lowest BCUT2D eigenvalue weighted by molar-refractivity contribution is 0.101.